The molecule has 152 valence electrons. The Morgan fingerprint density at radius 2 is 1.81 bits per heavy atom. The highest BCUT2D eigenvalue weighted by Gasteiger charge is 2.22. The molecule has 0 fully saturated rings. The van der Waals surface area contributed by atoms with Gasteiger partial charge in [0, 0.05) is 22.5 Å². The number of hydrogen-bond acceptors (Lipinski definition) is 6. The second kappa shape index (κ2) is 7.94. The van der Waals surface area contributed by atoms with Crippen molar-refractivity contribution in [2.45, 2.75) is 6.92 Å². The zero-order chi connectivity index (χ0) is 21.4. The summed E-state index contributed by atoms with van der Waals surface area (Å²) in [6.45, 7) is 2.06. The molecular formula is C24H18N4OS2. The molecule has 0 radical (unpaired) electrons. The molecule has 0 aliphatic rings. The molecule has 5 aromatic rings. The Morgan fingerprint density at radius 3 is 2.52 bits per heavy atom. The highest BCUT2D eigenvalue weighted by atomic mass is 32.1. The van der Waals surface area contributed by atoms with Crippen LogP contribution in [0, 0.1) is 6.92 Å². The minimum atomic E-state index is -0.272. The molecule has 3 aromatic heterocycles. The van der Waals surface area contributed by atoms with Gasteiger partial charge in [-0.15, -0.1) is 22.7 Å². The summed E-state index contributed by atoms with van der Waals surface area (Å²) in [5.74, 6) is -0.272. The number of benzene rings is 2. The fourth-order valence-electron chi connectivity index (χ4n) is 3.45. The van der Waals surface area contributed by atoms with E-state index in [-0.39, 0.29) is 5.91 Å². The van der Waals surface area contributed by atoms with Crippen LogP contribution in [0.5, 0.6) is 0 Å². The maximum absolute atomic E-state index is 12.9. The van der Waals surface area contributed by atoms with Crippen molar-refractivity contribution in [1.82, 2.24) is 9.97 Å². The number of aryl methyl sites for hydroxylation is 1. The molecule has 0 aliphatic heterocycles. The van der Waals surface area contributed by atoms with Crippen molar-refractivity contribution in [3.63, 3.8) is 0 Å². The highest BCUT2D eigenvalue weighted by molar-refractivity contribution is 7.21. The topological polar surface area (TPSA) is 80.9 Å². The van der Waals surface area contributed by atoms with E-state index < -0.39 is 0 Å². The number of aromatic nitrogens is 2. The van der Waals surface area contributed by atoms with Crippen LogP contribution in [0.3, 0.4) is 0 Å². The number of thiophene rings is 1. The molecular weight excluding hydrogens is 424 g/mol. The van der Waals surface area contributed by atoms with E-state index in [4.69, 9.17) is 10.7 Å². The van der Waals surface area contributed by atoms with Crippen LogP contribution in [0.15, 0.2) is 72.2 Å². The smallest absolute Gasteiger partial charge is 0.269 e. The lowest BCUT2D eigenvalue weighted by Gasteiger charge is -2.09. The first kappa shape index (κ1) is 19.4. The van der Waals surface area contributed by atoms with Crippen LogP contribution in [0.25, 0.3) is 32.6 Å². The summed E-state index contributed by atoms with van der Waals surface area (Å²) < 4.78 is 0. The van der Waals surface area contributed by atoms with Crippen LogP contribution in [-0.2, 0) is 0 Å². The van der Waals surface area contributed by atoms with E-state index >= 15 is 0 Å². The van der Waals surface area contributed by atoms with E-state index in [2.05, 4.69) is 41.5 Å². The van der Waals surface area contributed by atoms with Crippen LogP contribution in [0.2, 0.25) is 0 Å². The van der Waals surface area contributed by atoms with Gasteiger partial charge in [0.1, 0.15) is 9.71 Å². The fraction of sp³-hybridized carbons (Fsp3) is 0.0417. The maximum atomic E-state index is 12.9. The van der Waals surface area contributed by atoms with Gasteiger partial charge >= 0.3 is 0 Å². The van der Waals surface area contributed by atoms with Gasteiger partial charge < -0.3 is 5.73 Å². The number of nitrogens with one attached hydrogen (secondary N) is 1. The molecule has 0 aliphatic carbocycles. The number of fused-ring (bicyclic) bond motifs is 1. The summed E-state index contributed by atoms with van der Waals surface area (Å²) >= 11 is 2.67. The van der Waals surface area contributed by atoms with E-state index in [0.717, 1.165) is 32.6 Å². The molecule has 0 bridgehead atoms. The molecule has 0 saturated carbocycles. The Hall–Kier alpha value is -3.55. The van der Waals surface area contributed by atoms with Crippen molar-refractivity contribution in [2.75, 3.05) is 11.1 Å². The zero-order valence-corrected chi connectivity index (χ0v) is 18.3. The Kier molecular flexibility index (Phi) is 4.97. The van der Waals surface area contributed by atoms with Gasteiger partial charge in [-0.25, -0.2) is 9.97 Å². The van der Waals surface area contributed by atoms with Gasteiger partial charge in [-0.2, -0.15) is 0 Å². The number of carbonyl (C=O) groups excluding carboxylic acids is 1. The molecule has 2 aromatic carbocycles. The average molecular weight is 443 g/mol. The van der Waals surface area contributed by atoms with Crippen molar-refractivity contribution in [1.29, 1.82) is 0 Å². The summed E-state index contributed by atoms with van der Waals surface area (Å²) in [4.78, 5) is 23.1. The summed E-state index contributed by atoms with van der Waals surface area (Å²) in [5.41, 5.74) is 12.0. The quantitative estimate of drug-likeness (QED) is 0.346. The summed E-state index contributed by atoms with van der Waals surface area (Å²) in [6.07, 6.45) is 1.65. The van der Waals surface area contributed by atoms with Gasteiger partial charge in [0.25, 0.3) is 5.91 Å². The maximum Gasteiger partial charge on any atom is 0.269 e. The summed E-state index contributed by atoms with van der Waals surface area (Å²) in [7, 11) is 0. The van der Waals surface area contributed by atoms with Crippen LogP contribution >= 0.6 is 22.7 Å². The lowest BCUT2D eigenvalue weighted by atomic mass is 9.99. The number of carbonyl (C=O) groups is 1. The van der Waals surface area contributed by atoms with Gasteiger partial charge in [0.2, 0.25) is 0 Å². The zero-order valence-electron chi connectivity index (χ0n) is 16.6. The highest BCUT2D eigenvalue weighted by Crippen LogP contribution is 2.41. The third kappa shape index (κ3) is 3.69. The number of pyridine rings is 1. The van der Waals surface area contributed by atoms with Gasteiger partial charge in [0.05, 0.1) is 11.4 Å². The lowest BCUT2D eigenvalue weighted by Crippen LogP contribution is -2.11. The van der Waals surface area contributed by atoms with Crippen molar-refractivity contribution in [3.8, 4) is 22.4 Å². The molecule has 31 heavy (non-hydrogen) atoms. The minimum absolute atomic E-state index is 0.272. The first-order valence-corrected chi connectivity index (χ1v) is 11.4. The Bertz CT molecular complexity index is 1380. The molecule has 0 saturated heterocycles. The van der Waals surface area contributed by atoms with Crippen LogP contribution in [0.4, 0.5) is 10.8 Å². The Labute approximate surface area is 187 Å². The molecule has 3 N–H and O–H groups in total. The molecule has 0 unspecified atom stereocenters. The third-order valence-corrected chi connectivity index (χ3v) is 6.78. The van der Waals surface area contributed by atoms with E-state index in [0.29, 0.717) is 15.7 Å². The number of rotatable bonds is 4. The van der Waals surface area contributed by atoms with Gasteiger partial charge in [-0.1, -0.05) is 60.2 Å². The standard InChI is InChI=1S/C24H18N4OS2/c1-14-7-9-15(10-8-14)17-13-18(16-5-3-2-4-6-16)27-23-19(17)20(25)21(31-23)22(29)28-24-26-11-12-30-24/h2-13H,25H2,1H3,(H,26,28,29). The molecule has 3 heterocycles. The number of nitrogen functional groups attached to an aromatic ring is 1. The number of thiazole rings is 1. The first-order valence-electron chi connectivity index (χ1n) is 9.66. The van der Waals surface area contributed by atoms with Crippen molar-refractivity contribution in [2.24, 2.45) is 0 Å². The predicted octanol–water partition coefficient (Wildman–Crippen LogP) is 6.23. The average Bonchev–Trinajstić information content (AvgIpc) is 3.42. The second-order valence-electron chi connectivity index (χ2n) is 7.10. The van der Waals surface area contributed by atoms with Gasteiger partial charge in [0.15, 0.2) is 5.13 Å². The monoisotopic (exact) mass is 442 g/mol. The number of nitrogens with zero attached hydrogens (tertiary/aromatic N) is 2. The number of hydrogen-bond donors (Lipinski definition) is 2. The SMILES string of the molecule is Cc1ccc(-c2cc(-c3ccccc3)nc3sc(C(=O)Nc4nccs4)c(N)c23)cc1. The van der Waals surface area contributed by atoms with E-state index in [9.17, 15) is 4.79 Å². The van der Waals surface area contributed by atoms with E-state index in [1.54, 1.807) is 6.20 Å². The molecule has 7 heteroatoms. The lowest BCUT2D eigenvalue weighted by molar-refractivity contribution is 0.103. The molecule has 1 amide bonds. The number of amides is 1. The molecule has 0 atom stereocenters. The van der Waals surface area contributed by atoms with Gasteiger partial charge in [-0.05, 0) is 24.1 Å². The van der Waals surface area contributed by atoms with E-state index in [1.165, 1.54) is 28.2 Å². The first-order chi connectivity index (χ1) is 15.1. The van der Waals surface area contributed by atoms with Crippen LogP contribution in [0.1, 0.15) is 15.2 Å². The summed E-state index contributed by atoms with van der Waals surface area (Å²) in [6, 6.07) is 20.4. The second-order valence-corrected chi connectivity index (χ2v) is 9.00. The van der Waals surface area contributed by atoms with Crippen molar-refractivity contribution >= 4 is 49.6 Å². The van der Waals surface area contributed by atoms with Crippen LogP contribution < -0.4 is 11.1 Å². The van der Waals surface area contributed by atoms with Crippen LogP contribution in [-0.4, -0.2) is 15.9 Å². The number of anilines is 2. The molecule has 5 rings (SSSR count). The van der Waals surface area contributed by atoms with Crippen molar-refractivity contribution in [3.05, 3.63) is 82.7 Å². The van der Waals surface area contributed by atoms with Crippen molar-refractivity contribution < 1.29 is 4.79 Å². The largest absolute Gasteiger partial charge is 0.397 e. The van der Waals surface area contributed by atoms with E-state index in [1.807, 2.05) is 41.8 Å². The Morgan fingerprint density at radius 1 is 1.03 bits per heavy atom. The molecule has 0 spiro atoms. The minimum Gasteiger partial charge on any atom is -0.397 e. The Balaban J connectivity index is 1.71. The summed E-state index contributed by atoms with van der Waals surface area (Å²) in [5, 5.41) is 5.98. The third-order valence-electron chi connectivity index (χ3n) is 4.99. The normalized spacial score (nSPS) is 11.0. The van der Waals surface area contributed by atoms with Gasteiger partial charge in [-0.3, -0.25) is 10.1 Å². The predicted molar refractivity (Wildman–Crippen MR) is 130 cm³/mol. The number of nitrogens with two attached hydrogens (primary N) is 1. The fourth-order valence-corrected chi connectivity index (χ4v) is 4.99. The molecule has 5 nitrogen and oxygen atoms in total.